The fourth-order valence-electron chi connectivity index (χ4n) is 1.38. The Bertz CT molecular complexity index is 457. The number of aliphatic hydroxyl groups excluding tert-OH is 2. The van der Waals surface area contributed by atoms with Crippen LogP contribution in [0.4, 0.5) is 0 Å². The van der Waals surface area contributed by atoms with E-state index in [0.29, 0.717) is 0 Å². The van der Waals surface area contributed by atoms with Gasteiger partial charge in [0.1, 0.15) is 25.4 Å². The van der Waals surface area contributed by atoms with Gasteiger partial charge in [-0.3, -0.25) is 0 Å². The minimum atomic E-state index is -1.34. The van der Waals surface area contributed by atoms with Crippen LogP contribution in [-0.4, -0.2) is 84.9 Å². The highest BCUT2D eigenvalue weighted by Crippen LogP contribution is 2.00. The maximum absolute atomic E-state index is 11.5. The Kier molecular flexibility index (Phi) is 11.9. The van der Waals surface area contributed by atoms with Gasteiger partial charge in [-0.05, 0) is 27.7 Å². The zero-order chi connectivity index (χ0) is 21.0. The lowest BCUT2D eigenvalue weighted by molar-refractivity contribution is -0.173. The first kappa shape index (κ1) is 24.8. The number of hydrogen-bond acceptors (Lipinski definition) is 11. The van der Waals surface area contributed by atoms with Crippen LogP contribution in [0.3, 0.4) is 0 Å². The van der Waals surface area contributed by atoms with Gasteiger partial charge in [-0.1, -0.05) is 0 Å². The molecule has 0 aliphatic rings. The van der Waals surface area contributed by atoms with Crippen molar-refractivity contribution in [2.45, 2.75) is 52.1 Å². The number of ether oxygens (including phenoxy) is 5. The predicted octanol–water partition coefficient (Wildman–Crippen LogP) is -1.29. The van der Waals surface area contributed by atoms with Crippen molar-refractivity contribution in [3.63, 3.8) is 0 Å². The van der Waals surface area contributed by atoms with Crippen molar-refractivity contribution >= 4 is 23.9 Å². The highest BCUT2D eigenvalue weighted by molar-refractivity contribution is 5.81. The molecule has 0 saturated carbocycles. The fraction of sp³-hybridized carbons (Fsp3) is 0.750. The van der Waals surface area contributed by atoms with Gasteiger partial charge in [0.25, 0.3) is 0 Å². The Morgan fingerprint density at radius 1 is 0.630 bits per heavy atom. The molecule has 0 fully saturated rings. The monoisotopic (exact) mass is 394 g/mol. The second kappa shape index (κ2) is 13.0. The molecule has 0 radical (unpaired) electrons. The minimum absolute atomic E-state index is 0.00687. The number of aliphatic hydroxyl groups is 2. The number of esters is 4. The van der Waals surface area contributed by atoms with Gasteiger partial charge >= 0.3 is 23.9 Å². The molecule has 0 aromatic carbocycles. The summed E-state index contributed by atoms with van der Waals surface area (Å²) >= 11 is 0. The van der Waals surface area contributed by atoms with Crippen molar-refractivity contribution in [1.82, 2.24) is 0 Å². The second-order valence-electron chi connectivity index (χ2n) is 5.46. The van der Waals surface area contributed by atoms with Crippen molar-refractivity contribution in [1.29, 1.82) is 0 Å². The SMILES string of the molecule is C[C@H](O)C(=O)O[C@@H](C)C(=O)OCCOCCOC(=O)[C@H](C)OC(=O)[C@H](C)O. The van der Waals surface area contributed by atoms with Gasteiger partial charge in [0.2, 0.25) is 0 Å². The van der Waals surface area contributed by atoms with E-state index in [2.05, 4.69) is 9.47 Å². The summed E-state index contributed by atoms with van der Waals surface area (Å²) < 4.78 is 24.0. The van der Waals surface area contributed by atoms with Crippen LogP contribution >= 0.6 is 0 Å². The van der Waals surface area contributed by atoms with E-state index in [1.807, 2.05) is 0 Å². The van der Waals surface area contributed by atoms with Gasteiger partial charge in [0.05, 0.1) is 13.2 Å². The molecule has 0 aromatic heterocycles. The smallest absolute Gasteiger partial charge is 0.347 e. The molecule has 0 heterocycles. The first-order valence-corrected chi connectivity index (χ1v) is 8.24. The first-order valence-electron chi connectivity index (χ1n) is 8.24. The summed E-state index contributed by atoms with van der Waals surface area (Å²) in [6, 6.07) is 0. The Balaban J connectivity index is 3.80. The Hall–Kier alpha value is -2.24. The summed E-state index contributed by atoms with van der Waals surface area (Å²) in [4.78, 5) is 45.3. The molecule has 0 spiro atoms. The lowest BCUT2D eigenvalue weighted by Crippen LogP contribution is -2.31. The summed E-state index contributed by atoms with van der Waals surface area (Å²) in [7, 11) is 0. The van der Waals surface area contributed by atoms with Crippen LogP contribution < -0.4 is 0 Å². The quantitative estimate of drug-likeness (QED) is 0.231. The van der Waals surface area contributed by atoms with E-state index in [0.717, 1.165) is 0 Å². The Morgan fingerprint density at radius 2 is 0.963 bits per heavy atom. The molecule has 0 unspecified atom stereocenters. The third kappa shape index (κ3) is 11.2. The molecule has 0 aliphatic carbocycles. The van der Waals surface area contributed by atoms with Crippen molar-refractivity contribution in [2.24, 2.45) is 0 Å². The van der Waals surface area contributed by atoms with Gasteiger partial charge in [-0.2, -0.15) is 0 Å². The highest BCUT2D eigenvalue weighted by atomic mass is 16.6. The van der Waals surface area contributed by atoms with Crippen molar-refractivity contribution < 1.29 is 53.1 Å². The fourth-order valence-corrected chi connectivity index (χ4v) is 1.38. The predicted molar refractivity (Wildman–Crippen MR) is 87.2 cm³/mol. The van der Waals surface area contributed by atoms with Crippen LogP contribution in [0.5, 0.6) is 0 Å². The van der Waals surface area contributed by atoms with Gasteiger partial charge < -0.3 is 33.9 Å². The van der Waals surface area contributed by atoms with E-state index in [-0.39, 0.29) is 26.4 Å². The van der Waals surface area contributed by atoms with Gasteiger partial charge in [0, 0.05) is 0 Å². The molecule has 0 saturated heterocycles. The van der Waals surface area contributed by atoms with E-state index < -0.39 is 48.3 Å². The summed E-state index contributed by atoms with van der Waals surface area (Å²) in [5, 5.41) is 17.9. The van der Waals surface area contributed by atoms with Crippen LogP contribution in [0.15, 0.2) is 0 Å². The molecular formula is C16H26O11. The van der Waals surface area contributed by atoms with Gasteiger partial charge in [-0.15, -0.1) is 0 Å². The topological polar surface area (TPSA) is 155 Å². The molecular weight excluding hydrogens is 368 g/mol. The highest BCUT2D eigenvalue weighted by Gasteiger charge is 2.22. The summed E-state index contributed by atoms with van der Waals surface area (Å²) in [5.74, 6) is -3.47. The van der Waals surface area contributed by atoms with Crippen LogP contribution in [0.25, 0.3) is 0 Å². The number of carbonyl (C=O) groups excluding carboxylic acids is 4. The molecule has 4 atom stereocenters. The third-order valence-corrected chi connectivity index (χ3v) is 2.88. The molecule has 2 N–H and O–H groups in total. The van der Waals surface area contributed by atoms with E-state index in [1.165, 1.54) is 27.7 Å². The van der Waals surface area contributed by atoms with Crippen LogP contribution in [0, 0.1) is 0 Å². The third-order valence-electron chi connectivity index (χ3n) is 2.88. The van der Waals surface area contributed by atoms with E-state index >= 15 is 0 Å². The molecule has 0 aromatic rings. The minimum Gasteiger partial charge on any atom is -0.461 e. The molecule has 11 heteroatoms. The van der Waals surface area contributed by atoms with Crippen LogP contribution in [-0.2, 0) is 42.9 Å². The maximum Gasteiger partial charge on any atom is 0.347 e. The average Bonchev–Trinajstić information content (AvgIpc) is 2.59. The van der Waals surface area contributed by atoms with E-state index in [9.17, 15) is 19.2 Å². The van der Waals surface area contributed by atoms with Crippen molar-refractivity contribution in [3.8, 4) is 0 Å². The zero-order valence-electron chi connectivity index (χ0n) is 15.7. The van der Waals surface area contributed by atoms with E-state index in [4.69, 9.17) is 24.4 Å². The molecule has 0 aliphatic heterocycles. The van der Waals surface area contributed by atoms with Crippen LogP contribution in [0.1, 0.15) is 27.7 Å². The largest absolute Gasteiger partial charge is 0.461 e. The standard InChI is InChI=1S/C16H26O11/c1-9(17)13(19)26-11(3)15(21)24-7-5-23-6-8-25-16(22)12(4)27-14(20)10(2)18/h9-12,17-18H,5-8H2,1-4H3/t9-,10-,11-,12-/m0/s1. The molecule has 0 amide bonds. The molecule has 0 bridgehead atoms. The normalized spacial score (nSPS) is 15.0. The summed E-state index contributed by atoms with van der Waals surface area (Å²) in [6.45, 7) is 4.79. The lowest BCUT2D eigenvalue weighted by Gasteiger charge is -2.14. The molecule has 11 nitrogen and oxygen atoms in total. The number of rotatable bonds is 12. The second-order valence-corrected chi connectivity index (χ2v) is 5.46. The molecule has 0 rings (SSSR count). The van der Waals surface area contributed by atoms with Crippen LogP contribution in [0.2, 0.25) is 0 Å². The number of hydrogen-bond donors (Lipinski definition) is 2. The van der Waals surface area contributed by atoms with Crippen molar-refractivity contribution in [2.75, 3.05) is 26.4 Å². The Morgan fingerprint density at radius 3 is 1.26 bits per heavy atom. The first-order chi connectivity index (χ1) is 12.6. The molecule has 156 valence electrons. The maximum atomic E-state index is 11.5. The average molecular weight is 394 g/mol. The van der Waals surface area contributed by atoms with Gasteiger partial charge in [0.15, 0.2) is 12.2 Å². The number of carbonyl (C=O) groups is 4. The Labute approximate surface area is 156 Å². The van der Waals surface area contributed by atoms with E-state index in [1.54, 1.807) is 0 Å². The van der Waals surface area contributed by atoms with Crippen molar-refractivity contribution in [3.05, 3.63) is 0 Å². The summed E-state index contributed by atoms with van der Waals surface area (Å²) in [6.07, 6.45) is -5.02. The van der Waals surface area contributed by atoms with Gasteiger partial charge in [-0.25, -0.2) is 19.2 Å². The summed E-state index contributed by atoms with van der Waals surface area (Å²) in [5.41, 5.74) is 0. The lowest BCUT2D eigenvalue weighted by atomic mass is 10.4. The molecule has 27 heavy (non-hydrogen) atoms. The zero-order valence-corrected chi connectivity index (χ0v) is 15.7.